The molecule has 0 fully saturated rings. The summed E-state index contributed by atoms with van der Waals surface area (Å²) in [6.45, 7) is 0.660. The zero-order chi connectivity index (χ0) is 22.5. The van der Waals surface area contributed by atoms with Crippen LogP contribution in [0.25, 0.3) is 0 Å². The van der Waals surface area contributed by atoms with Gasteiger partial charge in [-0.25, -0.2) is 8.42 Å². The number of sulfonamides is 1. The van der Waals surface area contributed by atoms with Crippen molar-refractivity contribution in [2.75, 3.05) is 11.9 Å². The summed E-state index contributed by atoms with van der Waals surface area (Å²) in [7, 11) is -4.65. The molecule has 0 saturated carbocycles. The molecular weight excluding hydrogens is 447 g/mol. The quantitative estimate of drug-likeness (QED) is 0.587. The van der Waals surface area contributed by atoms with Crippen LogP contribution in [0, 0.1) is 0 Å². The molecular formula is C18H17ClF3N3O4S. The molecule has 0 unspecified atom stereocenters. The molecule has 0 bridgehead atoms. The molecule has 162 valence electrons. The fourth-order valence-electron chi connectivity index (χ4n) is 2.34. The summed E-state index contributed by atoms with van der Waals surface area (Å²) in [6.07, 6.45) is -4.89. The number of rotatable bonds is 7. The number of anilines is 1. The first-order valence-corrected chi connectivity index (χ1v) is 10.3. The zero-order valence-corrected chi connectivity index (χ0v) is 17.0. The van der Waals surface area contributed by atoms with E-state index in [9.17, 15) is 31.2 Å². The number of halogens is 4. The Kier molecular flexibility index (Phi) is 7.45. The van der Waals surface area contributed by atoms with Gasteiger partial charge in [0, 0.05) is 10.7 Å². The number of carbonyl (C=O) groups excluding carboxylic acids is 2. The fraction of sp³-hybridized carbons (Fsp3) is 0.222. The zero-order valence-electron chi connectivity index (χ0n) is 15.5. The van der Waals surface area contributed by atoms with Gasteiger partial charge in [-0.05, 0) is 43.3 Å². The molecule has 0 spiro atoms. The number of benzene rings is 2. The van der Waals surface area contributed by atoms with Crippen molar-refractivity contribution < 1.29 is 31.2 Å². The van der Waals surface area contributed by atoms with Crippen molar-refractivity contribution in [3.8, 4) is 0 Å². The number of hydrogen-bond donors (Lipinski definition) is 3. The largest absolute Gasteiger partial charge is 0.417 e. The van der Waals surface area contributed by atoms with Gasteiger partial charge in [0.15, 0.2) is 0 Å². The topological polar surface area (TPSA) is 104 Å². The van der Waals surface area contributed by atoms with Crippen LogP contribution in [0.15, 0.2) is 53.4 Å². The molecule has 0 saturated heterocycles. The molecule has 0 heterocycles. The molecule has 0 radical (unpaired) electrons. The molecule has 0 aliphatic rings. The smallest absolute Gasteiger partial charge is 0.346 e. The van der Waals surface area contributed by atoms with E-state index in [1.807, 2.05) is 4.72 Å². The molecule has 2 rings (SSSR count). The van der Waals surface area contributed by atoms with Crippen LogP contribution < -0.4 is 15.4 Å². The molecule has 3 N–H and O–H groups in total. The maximum Gasteiger partial charge on any atom is 0.417 e. The van der Waals surface area contributed by atoms with E-state index in [4.69, 9.17) is 11.6 Å². The third-order valence-electron chi connectivity index (χ3n) is 3.76. The Morgan fingerprint density at radius 2 is 1.67 bits per heavy atom. The molecule has 2 aromatic carbocycles. The number of nitrogens with one attached hydrogen (secondary N) is 3. The third-order valence-corrected chi connectivity index (χ3v) is 5.61. The lowest BCUT2D eigenvalue weighted by atomic mass is 10.2. The van der Waals surface area contributed by atoms with E-state index in [1.54, 1.807) is 12.1 Å². The van der Waals surface area contributed by atoms with Gasteiger partial charge in [-0.15, -0.1) is 0 Å². The Bertz CT molecular complexity index is 1030. The highest BCUT2D eigenvalue weighted by atomic mass is 35.5. The van der Waals surface area contributed by atoms with Crippen molar-refractivity contribution in [3.05, 3.63) is 59.1 Å². The first-order valence-electron chi connectivity index (χ1n) is 8.42. The standard InChI is InChI=1S/C18H17ClF3N3O4S/c1-11(17(27)23-10-16(26)24-13-8-6-12(19)7-9-13)25-30(28,29)15-5-3-2-4-14(15)18(20,21)22/h2-9,11,25H,10H2,1H3,(H,23,27)(H,24,26)/t11-/m0/s1. The minimum atomic E-state index is -4.89. The Hall–Kier alpha value is -2.63. The van der Waals surface area contributed by atoms with E-state index in [2.05, 4.69) is 10.6 Å². The summed E-state index contributed by atoms with van der Waals surface area (Å²) in [4.78, 5) is 22.9. The summed E-state index contributed by atoms with van der Waals surface area (Å²) < 4.78 is 65.7. The van der Waals surface area contributed by atoms with Crippen LogP contribution in [0.3, 0.4) is 0 Å². The monoisotopic (exact) mass is 463 g/mol. The Morgan fingerprint density at radius 3 is 2.27 bits per heavy atom. The third kappa shape index (κ3) is 6.44. The van der Waals surface area contributed by atoms with E-state index >= 15 is 0 Å². The maximum atomic E-state index is 13.1. The van der Waals surface area contributed by atoms with Crippen LogP contribution in [0.5, 0.6) is 0 Å². The molecule has 1 atom stereocenters. The number of carbonyl (C=O) groups is 2. The molecule has 2 amide bonds. The van der Waals surface area contributed by atoms with Gasteiger partial charge >= 0.3 is 6.18 Å². The second kappa shape index (κ2) is 9.45. The van der Waals surface area contributed by atoms with Crippen molar-refractivity contribution in [1.29, 1.82) is 0 Å². The SMILES string of the molecule is C[C@H](NS(=O)(=O)c1ccccc1C(F)(F)F)C(=O)NCC(=O)Nc1ccc(Cl)cc1. The summed E-state index contributed by atoms with van der Waals surface area (Å²) >= 11 is 5.73. The number of alkyl halides is 3. The van der Waals surface area contributed by atoms with Crippen LogP contribution in [0.1, 0.15) is 12.5 Å². The summed E-state index contributed by atoms with van der Waals surface area (Å²) in [5, 5.41) is 5.16. The van der Waals surface area contributed by atoms with E-state index in [-0.39, 0.29) is 0 Å². The van der Waals surface area contributed by atoms with Gasteiger partial charge in [-0.1, -0.05) is 23.7 Å². The number of amides is 2. The number of hydrogen-bond acceptors (Lipinski definition) is 4. The maximum absolute atomic E-state index is 13.1. The predicted molar refractivity (Wildman–Crippen MR) is 104 cm³/mol. The Morgan fingerprint density at radius 1 is 1.07 bits per heavy atom. The van der Waals surface area contributed by atoms with E-state index in [1.165, 1.54) is 12.1 Å². The lowest BCUT2D eigenvalue weighted by molar-refractivity contribution is -0.139. The molecule has 0 aliphatic carbocycles. The summed E-state index contributed by atoms with van der Waals surface area (Å²) in [5.74, 6) is -1.49. The van der Waals surface area contributed by atoms with Crippen molar-refractivity contribution in [1.82, 2.24) is 10.0 Å². The first kappa shape index (κ1) is 23.6. The van der Waals surface area contributed by atoms with Crippen LogP contribution in [0.4, 0.5) is 18.9 Å². The van der Waals surface area contributed by atoms with Crippen molar-refractivity contribution >= 4 is 39.1 Å². The van der Waals surface area contributed by atoms with Crippen molar-refractivity contribution in [3.63, 3.8) is 0 Å². The van der Waals surface area contributed by atoms with Gasteiger partial charge in [0.2, 0.25) is 21.8 Å². The molecule has 2 aromatic rings. The molecule has 0 aromatic heterocycles. The minimum absolute atomic E-state index is 0.427. The van der Waals surface area contributed by atoms with Gasteiger partial charge in [-0.2, -0.15) is 17.9 Å². The van der Waals surface area contributed by atoms with Gasteiger partial charge < -0.3 is 10.6 Å². The predicted octanol–water partition coefficient (Wildman–Crippen LogP) is 2.78. The summed E-state index contributed by atoms with van der Waals surface area (Å²) in [5.41, 5.74) is -0.927. The van der Waals surface area contributed by atoms with Crippen LogP contribution in [0.2, 0.25) is 5.02 Å². The minimum Gasteiger partial charge on any atom is -0.346 e. The first-order chi connectivity index (χ1) is 13.9. The van der Waals surface area contributed by atoms with Gasteiger partial charge in [0.25, 0.3) is 0 Å². The average molecular weight is 464 g/mol. The molecule has 0 aliphatic heterocycles. The Labute approximate surface area is 175 Å². The highest BCUT2D eigenvalue weighted by Gasteiger charge is 2.37. The fourth-order valence-corrected chi connectivity index (χ4v) is 3.90. The van der Waals surface area contributed by atoms with E-state index in [0.29, 0.717) is 16.8 Å². The highest BCUT2D eigenvalue weighted by Crippen LogP contribution is 2.33. The van der Waals surface area contributed by atoms with Crippen LogP contribution in [-0.2, 0) is 25.8 Å². The second-order valence-corrected chi connectivity index (χ2v) is 8.23. The second-order valence-electron chi connectivity index (χ2n) is 6.11. The molecule has 7 nitrogen and oxygen atoms in total. The molecule has 12 heteroatoms. The summed E-state index contributed by atoms with van der Waals surface area (Å²) in [6, 6.07) is 8.34. The van der Waals surface area contributed by atoms with Gasteiger partial charge in [-0.3, -0.25) is 9.59 Å². The van der Waals surface area contributed by atoms with Crippen LogP contribution in [-0.4, -0.2) is 32.8 Å². The normalized spacial score (nSPS) is 12.8. The van der Waals surface area contributed by atoms with Crippen molar-refractivity contribution in [2.45, 2.75) is 24.0 Å². The lowest BCUT2D eigenvalue weighted by Crippen LogP contribution is -2.46. The van der Waals surface area contributed by atoms with E-state index in [0.717, 1.165) is 25.1 Å². The average Bonchev–Trinajstić information content (AvgIpc) is 2.67. The van der Waals surface area contributed by atoms with Crippen molar-refractivity contribution in [2.24, 2.45) is 0 Å². The van der Waals surface area contributed by atoms with E-state index < -0.39 is 51.1 Å². The van der Waals surface area contributed by atoms with Gasteiger partial charge in [0.05, 0.1) is 23.0 Å². The molecule has 30 heavy (non-hydrogen) atoms. The van der Waals surface area contributed by atoms with Gasteiger partial charge in [0.1, 0.15) is 0 Å². The lowest BCUT2D eigenvalue weighted by Gasteiger charge is -2.17. The van der Waals surface area contributed by atoms with Crippen LogP contribution >= 0.6 is 11.6 Å². The Balaban J connectivity index is 1.98. The highest BCUT2D eigenvalue weighted by molar-refractivity contribution is 7.89.